The van der Waals surface area contributed by atoms with Crippen molar-refractivity contribution in [2.24, 2.45) is 0 Å². The first-order valence-corrected chi connectivity index (χ1v) is 7.53. The molecule has 0 spiro atoms. The van der Waals surface area contributed by atoms with Crippen LogP contribution in [0.3, 0.4) is 0 Å². The van der Waals surface area contributed by atoms with E-state index in [-0.39, 0.29) is 0 Å². The molecule has 0 bridgehead atoms. The zero-order chi connectivity index (χ0) is 13.8. The van der Waals surface area contributed by atoms with Crippen LogP contribution >= 0.6 is 0 Å². The van der Waals surface area contributed by atoms with Crippen molar-refractivity contribution in [1.29, 1.82) is 0 Å². The molecule has 1 N–H and O–H groups in total. The van der Waals surface area contributed by atoms with Crippen LogP contribution in [0.1, 0.15) is 18.1 Å². The molecule has 0 saturated heterocycles. The van der Waals surface area contributed by atoms with Crippen molar-refractivity contribution in [2.75, 3.05) is 29.9 Å². The van der Waals surface area contributed by atoms with Gasteiger partial charge in [0, 0.05) is 31.0 Å². The number of hydrogen-bond donors (Lipinski definition) is 1. The summed E-state index contributed by atoms with van der Waals surface area (Å²) >= 11 is 0. The molecule has 3 rings (SSSR count). The van der Waals surface area contributed by atoms with Gasteiger partial charge in [-0.1, -0.05) is 43.3 Å². The molecule has 20 heavy (non-hydrogen) atoms. The van der Waals surface area contributed by atoms with Crippen molar-refractivity contribution in [2.45, 2.75) is 19.8 Å². The van der Waals surface area contributed by atoms with Crippen LogP contribution in [0.15, 0.2) is 48.5 Å². The molecule has 2 aromatic rings. The minimum atomic E-state index is 0.995. The van der Waals surface area contributed by atoms with Gasteiger partial charge in [-0.25, -0.2) is 0 Å². The van der Waals surface area contributed by atoms with Gasteiger partial charge in [-0.3, -0.25) is 0 Å². The summed E-state index contributed by atoms with van der Waals surface area (Å²) in [6, 6.07) is 17.4. The smallest absolute Gasteiger partial charge is 0.0399 e. The molecule has 0 aliphatic carbocycles. The van der Waals surface area contributed by atoms with Crippen LogP contribution in [0.25, 0.3) is 0 Å². The summed E-state index contributed by atoms with van der Waals surface area (Å²) in [5, 5.41) is 3.56. The fraction of sp³-hybridized carbons (Fsp3) is 0.333. The Kier molecular flexibility index (Phi) is 3.91. The second-order valence-electron chi connectivity index (χ2n) is 5.30. The Morgan fingerprint density at radius 1 is 1.00 bits per heavy atom. The van der Waals surface area contributed by atoms with Gasteiger partial charge in [-0.15, -0.1) is 0 Å². The summed E-state index contributed by atoms with van der Waals surface area (Å²) in [6.45, 7) is 5.38. The van der Waals surface area contributed by atoms with E-state index in [1.54, 1.807) is 0 Å². The van der Waals surface area contributed by atoms with Gasteiger partial charge in [0.2, 0.25) is 0 Å². The number of aryl methyl sites for hydroxylation is 1. The molecule has 0 aromatic heterocycles. The monoisotopic (exact) mass is 266 g/mol. The second-order valence-corrected chi connectivity index (χ2v) is 5.30. The number of nitrogens with zero attached hydrogens (tertiary/aromatic N) is 1. The standard InChI is InChI=1S/C18H22N2/c1-2-15-7-4-6-10-18(15)20-13-11-16-8-3-5-9-17(16)19-12-14-20/h3-10,19H,2,11-14H2,1H3. The highest BCUT2D eigenvalue weighted by Crippen LogP contribution is 2.24. The second kappa shape index (κ2) is 6.00. The first-order valence-electron chi connectivity index (χ1n) is 7.53. The molecule has 0 amide bonds. The molecule has 0 unspecified atom stereocenters. The third kappa shape index (κ3) is 2.64. The molecule has 2 nitrogen and oxygen atoms in total. The Balaban J connectivity index is 1.83. The van der Waals surface area contributed by atoms with Gasteiger partial charge in [-0.05, 0) is 36.1 Å². The molecule has 2 heteroatoms. The lowest BCUT2D eigenvalue weighted by atomic mass is 10.1. The maximum atomic E-state index is 3.56. The zero-order valence-electron chi connectivity index (χ0n) is 12.1. The van der Waals surface area contributed by atoms with Crippen molar-refractivity contribution in [1.82, 2.24) is 0 Å². The van der Waals surface area contributed by atoms with E-state index in [0.717, 1.165) is 32.5 Å². The van der Waals surface area contributed by atoms with Gasteiger partial charge in [0.25, 0.3) is 0 Å². The first kappa shape index (κ1) is 13.0. The topological polar surface area (TPSA) is 15.3 Å². The van der Waals surface area contributed by atoms with Gasteiger partial charge >= 0.3 is 0 Å². The van der Waals surface area contributed by atoms with Gasteiger partial charge in [-0.2, -0.15) is 0 Å². The normalized spacial score (nSPS) is 14.9. The maximum absolute atomic E-state index is 3.56. The van der Waals surface area contributed by atoms with E-state index in [1.165, 1.54) is 22.5 Å². The van der Waals surface area contributed by atoms with Crippen LogP contribution in [0, 0.1) is 0 Å². The molecule has 0 atom stereocenters. The van der Waals surface area contributed by atoms with E-state index in [1.807, 2.05) is 0 Å². The van der Waals surface area contributed by atoms with Crippen molar-refractivity contribution >= 4 is 11.4 Å². The Bertz CT molecular complexity index is 577. The molecule has 1 aliphatic rings. The molecular formula is C18H22N2. The summed E-state index contributed by atoms with van der Waals surface area (Å²) in [6.07, 6.45) is 2.19. The number of anilines is 2. The summed E-state index contributed by atoms with van der Waals surface area (Å²) in [5.41, 5.74) is 5.57. The van der Waals surface area contributed by atoms with Gasteiger partial charge in [0.05, 0.1) is 0 Å². The summed E-state index contributed by atoms with van der Waals surface area (Å²) in [5.74, 6) is 0. The molecular weight excluding hydrogens is 244 g/mol. The van der Waals surface area contributed by atoms with E-state index in [0.29, 0.717) is 0 Å². The van der Waals surface area contributed by atoms with E-state index in [4.69, 9.17) is 0 Å². The Morgan fingerprint density at radius 3 is 2.70 bits per heavy atom. The average Bonchev–Trinajstić information content (AvgIpc) is 2.48. The number of para-hydroxylation sites is 2. The molecule has 104 valence electrons. The van der Waals surface area contributed by atoms with Crippen molar-refractivity contribution in [3.05, 3.63) is 59.7 Å². The van der Waals surface area contributed by atoms with Crippen LogP contribution in [-0.4, -0.2) is 19.6 Å². The molecule has 0 fully saturated rings. The zero-order valence-corrected chi connectivity index (χ0v) is 12.1. The fourth-order valence-electron chi connectivity index (χ4n) is 2.96. The Morgan fingerprint density at radius 2 is 1.80 bits per heavy atom. The molecule has 0 saturated carbocycles. The SMILES string of the molecule is CCc1ccccc1N1CCNc2ccccc2CC1. The van der Waals surface area contributed by atoms with Crippen molar-refractivity contribution in [3.63, 3.8) is 0 Å². The van der Waals surface area contributed by atoms with E-state index >= 15 is 0 Å². The molecule has 1 aliphatic heterocycles. The van der Waals surface area contributed by atoms with Crippen molar-refractivity contribution < 1.29 is 0 Å². The van der Waals surface area contributed by atoms with Gasteiger partial charge in [0.1, 0.15) is 0 Å². The van der Waals surface area contributed by atoms with Crippen LogP contribution in [-0.2, 0) is 12.8 Å². The van der Waals surface area contributed by atoms with E-state index in [2.05, 4.69) is 65.7 Å². The number of nitrogens with one attached hydrogen (secondary N) is 1. The predicted molar refractivity (Wildman–Crippen MR) is 86.7 cm³/mol. The van der Waals surface area contributed by atoms with Crippen LogP contribution < -0.4 is 10.2 Å². The third-order valence-electron chi connectivity index (χ3n) is 4.08. The number of rotatable bonds is 2. The predicted octanol–water partition coefficient (Wildman–Crippen LogP) is 3.72. The minimum absolute atomic E-state index is 0.995. The quantitative estimate of drug-likeness (QED) is 0.891. The van der Waals surface area contributed by atoms with Crippen molar-refractivity contribution in [3.8, 4) is 0 Å². The Hall–Kier alpha value is -1.96. The number of benzene rings is 2. The summed E-state index contributed by atoms with van der Waals surface area (Å²) < 4.78 is 0. The lowest BCUT2D eigenvalue weighted by Crippen LogP contribution is -2.33. The third-order valence-corrected chi connectivity index (χ3v) is 4.08. The summed E-state index contributed by atoms with van der Waals surface area (Å²) in [7, 11) is 0. The van der Waals surface area contributed by atoms with Gasteiger partial charge in [0.15, 0.2) is 0 Å². The van der Waals surface area contributed by atoms with Crippen LogP contribution in [0.4, 0.5) is 11.4 Å². The molecule has 1 heterocycles. The molecule has 2 aromatic carbocycles. The maximum Gasteiger partial charge on any atom is 0.0399 e. The highest BCUT2D eigenvalue weighted by atomic mass is 15.1. The minimum Gasteiger partial charge on any atom is -0.383 e. The first-order chi connectivity index (χ1) is 9.88. The highest BCUT2D eigenvalue weighted by molar-refractivity contribution is 5.57. The van der Waals surface area contributed by atoms with Crippen LogP contribution in [0.2, 0.25) is 0 Å². The lowest BCUT2D eigenvalue weighted by Gasteiger charge is -2.30. The number of hydrogen-bond acceptors (Lipinski definition) is 2. The van der Waals surface area contributed by atoms with E-state index < -0.39 is 0 Å². The molecule has 0 radical (unpaired) electrons. The van der Waals surface area contributed by atoms with Crippen LogP contribution in [0.5, 0.6) is 0 Å². The lowest BCUT2D eigenvalue weighted by molar-refractivity contribution is 0.769. The van der Waals surface area contributed by atoms with E-state index in [9.17, 15) is 0 Å². The average molecular weight is 266 g/mol. The fourth-order valence-corrected chi connectivity index (χ4v) is 2.96. The number of fused-ring (bicyclic) bond motifs is 1. The highest BCUT2D eigenvalue weighted by Gasteiger charge is 2.13. The summed E-state index contributed by atoms with van der Waals surface area (Å²) in [4.78, 5) is 2.52. The largest absolute Gasteiger partial charge is 0.383 e. The Labute approximate surface area is 121 Å². The van der Waals surface area contributed by atoms with Gasteiger partial charge < -0.3 is 10.2 Å².